The molecule has 1 unspecified atom stereocenters. The molecular formula is C12H23N3. The first-order valence-electron chi connectivity index (χ1n) is 6.02. The summed E-state index contributed by atoms with van der Waals surface area (Å²) in [5, 5.41) is 3.51. The maximum Gasteiger partial charge on any atom is 0.0945 e. The summed E-state index contributed by atoms with van der Waals surface area (Å²) in [6.07, 6.45) is 10.8. The predicted molar refractivity (Wildman–Crippen MR) is 63.8 cm³/mol. The number of unbranched alkanes of at least 4 members (excludes halogenated alkanes) is 1. The minimum absolute atomic E-state index is 0.660. The van der Waals surface area contributed by atoms with Gasteiger partial charge in [-0.15, -0.1) is 0 Å². The zero-order valence-electron chi connectivity index (χ0n) is 9.95. The average molecular weight is 209 g/mol. The van der Waals surface area contributed by atoms with Gasteiger partial charge < -0.3 is 9.88 Å². The Balaban J connectivity index is 1.97. The van der Waals surface area contributed by atoms with Crippen LogP contribution in [0.25, 0.3) is 0 Å². The smallest absolute Gasteiger partial charge is 0.0945 e. The Morgan fingerprint density at radius 2 is 2.27 bits per heavy atom. The van der Waals surface area contributed by atoms with Crippen molar-refractivity contribution in [2.75, 3.05) is 6.54 Å². The van der Waals surface area contributed by atoms with Crippen LogP contribution in [0.2, 0.25) is 0 Å². The SMILES string of the molecule is CCCNC(C)CCCCn1ccnc1. The summed E-state index contributed by atoms with van der Waals surface area (Å²) < 4.78 is 2.14. The molecule has 15 heavy (non-hydrogen) atoms. The zero-order valence-corrected chi connectivity index (χ0v) is 9.95. The summed E-state index contributed by atoms with van der Waals surface area (Å²) in [4.78, 5) is 4.03. The first-order valence-corrected chi connectivity index (χ1v) is 6.02. The molecule has 3 heteroatoms. The lowest BCUT2D eigenvalue weighted by atomic mass is 10.1. The first-order chi connectivity index (χ1) is 7.33. The molecule has 1 rings (SSSR count). The van der Waals surface area contributed by atoms with Crippen molar-refractivity contribution in [3.8, 4) is 0 Å². The zero-order chi connectivity index (χ0) is 10.9. The standard InChI is InChI=1S/C12H23N3/c1-3-7-14-12(2)6-4-5-9-15-10-8-13-11-15/h8,10-12,14H,3-7,9H2,1-2H3. The average Bonchev–Trinajstić information content (AvgIpc) is 2.74. The van der Waals surface area contributed by atoms with Crippen molar-refractivity contribution in [3.63, 3.8) is 0 Å². The predicted octanol–water partition coefficient (Wildman–Crippen LogP) is 2.44. The Kier molecular flexibility index (Phi) is 6.09. The molecule has 0 amide bonds. The van der Waals surface area contributed by atoms with E-state index in [0.717, 1.165) is 13.1 Å². The van der Waals surface area contributed by atoms with Crippen LogP contribution in [0.4, 0.5) is 0 Å². The van der Waals surface area contributed by atoms with E-state index >= 15 is 0 Å². The maximum absolute atomic E-state index is 4.03. The van der Waals surface area contributed by atoms with Crippen LogP contribution >= 0.6 is 0 Å². The number of nitrogens with one attached hydrogen (secondary N) is 1. The number of hydrogen-bond donors (Lipinski definition) is 1. The van der Waals surface area contributed by atoms with Gasteiger partial charge in [0.05, 0.1) is 6.33 Å². The maximum atomic E-state index is 4.03. The van der Waals surface area contributed by atoms with Gasteiger partial charge in [-0.2, -0.15) is 0 Å². The lowest BCUT2D eigenvalue weighted by Gasteiger charge is -2.12. The molecule has 1 atom stereocenters. The van der Waals surface area contributed by atoms with Crippen molar-refractivity contribution in [1.29, 1.82) is 0 Å². The van der Waals surface area contributed by atoms with Crippen LogP contribution < -0.4 is 5.32 Å². The fraction of sp³-hybridized carbons (Fsp3) is 0.750. The van der Waals surface area contributed by atoms with Crippen LogP contribution in [0, 0.1) is 0 Å². The summed E-state index contributed by atoms with van der Waals surface area (Å²) in [6.45, 7) is 6.72. The number of imidazole rings is 1. The van der Waals surface area contributed by atoms with Gasteiger partial charge in [0.1, 0.15) is 0 Å². The van der Waals surface area contributed by atoms with Crippen LogP contribution in [-0.4, -0.2) is 22.1 Å². The Morgan fingerprint density at radius 1 is 1.40 bits per heavy atom. The van der Waals surface area contributed by atoms with Crippen molar-refractivity contribution >= 4 is 0 Å². The van der Waals surface area contributed by atoms with Gasteiger partial charge in [-0.1, -0.05) is 13.3 Å². The minimum atomic E-state index is 0.660. The molecule has 0 spiro atoms. The van der Waals surface area contributed by atoms with Gasteiger partial charge in [-0.25, -0.2) is 4.98 Å². The third kappa shape index (κ3) is 5.57. The topological polar surface area (TPSA) is 29.9 Å². The van der Waals surface area contributed by atoms with Gasteiger partial charge in [-0.3, -0.25) is 0 Å². The number of rotatable bonds is 8. The lowest BCUT2D eigenvalue weighted by Crippen LogP contribution is -2.26. The van der Waals surface area contributed by atoms with E-state index in [1.54, 1.807) is 0 Å². The van der Waals surface area contributed by atoms with Crippen molar-refractivity contribution < 1.29 is 0 Å². The van der Waals surface area contributed by atoms with Gasteiger partial charge in [0, 0.05) is 25.0 Å². The molecule has 0 saturated heterocycles. The molecule has 0 saturated carbocycles. The third-order valence-electron chi connectivity index (χ3n) is 2.61. The summed E-state index contributed by atoms with van der Waals surface area (Å²) in [7, 11) is 0. The molecule has 0 aromatic carbocycles. The van der Waals surface area contributed by atoms with Crippen LogP contribution in [-0.2, 0) is 6.54 Å². The largest absolute Gasteiger partial charge is 0.337 e. The van der Waals surface area contributed by atoms with Gasteiger partial charge in [0.25, 0.3) is 0 Å². The highest BCUT2D eigenvalue weighted by Crippen LogP contribution is 2.02. The number of aryl methyl sites for hydroxylation is 1. The third-order valence-corrected chi connectivity index (χ3v) is 2.61. The van der Waals surface area contributed by atoms with Crippen LogP contribution in [0.3, 0.4) is 0 Å². The molecule has 0 radical (unpaired) electrons. The highest BCUT2D eigenvalue weighted by molar-refractivity contribution is 4.73. The van der Waals surface area contributed by atoms with E-state index in [1.807, 2.05) is 18.7 Å². The Hall–Kier alpha value is -0.830. The minimum Gasteiger partial charge on any atom is -0.337 e. The molecule has 0 aliphatic heterocycles. The summed E-state index contributed by atoms with van der Waals surface area (Å²) in [5.74, 6) is 0. The monoisotopic (exact) mass is 209 g/mol. The van der Waals surface area contributed by atoms with E-state index in [-0.39, 0.29) is 0 Å². The molecule has 0 aliphatic rings. The van der Waals surface area contributed by atoms with E-state index < -0.39 is 0 Å². The highest BCUT2D eigenvalue weighted by Gasteiger charge is 1.99. The van der Waals surface area contributed by atoms with Gasteiger partial charge in [0.2, 0.25) is 0 Å². The second-order valence-corrected chi connectivity index (χ2v) is 4.15. The molecule has 1 aromatic heterocycles. The molecular weight excluding hydrogens is 186 g/mol. The summed E-state index contributed by atoms with van der Waals surface area (Å²) in [6, 6.07) is 0.660. The number of hydrogen-bond acceptors (Lipinski definition) is 2. The second-order valence-electron chi connectivity index (χ2n) is 4.15. The molecule has 0 aliphatic carbocycles. The fourth-order valence-electron chi connectivity index (χ4n) is 1.66. The summed E-state index contributed by atoms with van der Waals surface area (Å²) >= 11 is 0. The number of nitrogens with zero attached hydrogens (tertiary/aromatic N) is 2. The highest BCUT2D eigenvalue weighted by atomic mass is 15.0. The molecule has 0 bridgehead atoms. The van der Waals surface area contributed by atoms with E-state index in [2.05, 4.69) is 28.7 Å². The van der Waals surface area contributed by atoms with Crippen molar-refractivity contribution in [2.45, 2.75) is 52.1 Å². The second kappa shape index (κ2) is 7.46. The van der Waals surface area contributed by atoms with Gasteiger partial charge in [-0.05, 0) is 32.7 Å². The lowest BCUT2D eigenvalue weighted by molar-refractivity contribution is 0.475. The van der Waals surface area contributed by atoms with E-state index in [0.29, 0.717) is 6.04 Å². The van der Waals surface area contributed by atoms with Gasteiger partial charge >= 0.3 is 0 Å². The number of aromatic nitrogens is 2. The van der Waals surface area contributed by atoms with Crippen molar-refractivity contribution in [1.82, 2.24) is 14.9 Å². The molecule has 86 valence electrons. The van der Waals surface area contributed by atoms with E-state index in [1.165, 1.54) is 25.7 Å². The summed E-state index contributed by atoms with van der Waals surface area (Å²) in [5.41, 5.74) is 0. The molecule has 0 fully saturated rings. The first kappa shape index (κ1) is 12.2. The Morgan fingerprint density at radius 3 is 2.93 bits per heavy atom. The molecule has 1 aromatic rings. The molecule has 3 nitrogen and oxygen atoms in total. The Labute approximate surface area is 92.9 Å². The van der Waals surface area contributed by atoms with Crippen molar-refractivity contribution in [2.24, 2.45) is 0 Å². The molecule has 1 N–H and O–H groups in total. The van der Waals surface area contributed by atoms with Crippen LogP contribution in [0.15, 0.2) is 18.7 Å². The van der Waals surface area contributed by atoms with E-state index in [4.69, 9.17) is 0 Å². The fourth-order valence-corrected chi connectivity index (χ4v) is 1.66. The Bertz CT molecular complexity index is 231. The van der Waals surface area contributed by atoms with Crippen LogP contribution in [0.5, 0.6) is 0 Å². The van der Waals surface area contributed by atoms with E-state index in [9.17, 15) is 0 Å². The van der Waals surface area contributed by atoms with Gasteiger partial charge in [0.15, 0.2) is 0 Å². The van der Waals surface area contributed by atoms with Crippen LogP contribution in [0.1, 0.15) is 39.5 Å². The molecule has 1 heterocycles. The quantitative estimate of drug-likeness (QED) is 0.666. The normalized spacial score (nSPS) is 12.9. The van der Waals surface area contributed by atoms with Crippen molar-refractivity contribution in [3.05, 3.63) is 18.7 Å².